The average Bonchev–Trinajstić information content (AvgIpc) is 0.888. The van der Waals surface area contributed by atoms with Crippen LogP contribution in [0.3, 0.4) is 0 Å². The number of rotatable bonds is 25. The summed E-state index contributed by atoms with van der Waals surface area (Å²) in [5.74, 6) is -0.0368. The van der Waals surface area contributed by atoms with Crippen LogP contribution in [0.15, 0.2) is 200 Å². The molecule has 116 heavy (non-hydrogen) atoms. The van der Waals surface area contributed by atoms with Gasteiger partial charge in [-0.1, -0.05) is 120 Å². The highest BCUT2D eigenvalue weighted by Crippen LogP contribution is 2.42. The van der Waals surface area contributed by atoms with E-state index in [1.54, 1.807) is 136 Å². The van der Waals surface area contributed by atoms with Crippen LogP contribution in [0, 0.1) is 55.3 Å². The zero-order valence-electron chi connectivity index (χ0n) is 65.6. The Kier molecular flexibility index (Phi) is 33.7. The summed E-state index contributed by atoms with van der Waals surface area (Å²) >= 11 is 12.3. The molecule has 0 fully saturated rings. The molecule has 0 bridgehead atoms. The lowest BCUT2D eigenvalue weighted by Gasteiger charge is -2.20. The van der Waals surface area contributed by atoms with Gasteiger partial charge in [-0.15, -0.1) is 0 Å². The molecule has 3 atom stereocenters. The van der Waals surface area contributed by atoms with Gasteiger partial charge in [-0.3, -0.25) is 24.0 Å². The summed E-state index contributed by atoms with van der Waals surface area (Å²) in [6.07, 6.45) is 0.858. The van der Waals surface area contributed by atoms with E-state index in [9.17, 15) is 54.0 Å². The van der Waals surface area contributed by atoms with E-state index in [0.29, 0.717) is 98.7 Å². The van der Waals surface area contributed by atoms with E-state index in [2.05, 4.69) is 47.9 Å². The van der Waals surface area contributed by atoms with Gasteiger partial charge in [0, 0.05) is 69.4 Å². The third-order valence-electron chi connectivity index (χ3n) is 17.2. The topological polar surface area (TPSA) is 393 Å². The quantitative estimate of drug-likeness (QED) is 0.0236. The number of aromatic hydroxyl groups is 4. The van der Waals surface area contributed by atoms with Crippen molar-refractivity contribution in [3.05, 3.63) is 249 Å². The second-order valence-electron chi connectivity index (χ2n) is 26.4. The number of ether oxygens (including phenoxy) is 4. The Balaban J connectivity index is 0.000000215. The molecule has 0 saturated carbocycles. The summed E-state index contributed by atoms with van der Waals surface area (Å²) in [4.78, 5) is 86.1. The Labute approximate surface area is 682 Å². The van der Waals surface area contributed by atoms with Crippen molar-refractivity contribution in [1.29, 1.82) is 10.5 Å². The number of amides is 9. The lowest BCUT2D eigenvalue weighted by atomic mass is 10.1. The molecule has 602 valence electrons. The minimum Gasteiger partial charge on any atom is -0.506 e. The second kappa shape index (κ2) is 43.8. The van der Waals surface area contributed by atoms with Gasteiger partial charge in [0.05, 0.1) is 63.8 Å². The van der Waals surface area contributed by atoms with Crippen LogP contribution in [0.5, 0.6) is 51.7 Å². The Bertz CT molecular complexity index is 5200. The summed E-state index contributed by atoms with van der Waals surface area (Å²) in [5.41, 5.74) is 7.96. The monoisotopic (exact) mass is 1610 g/mol. The number of nitrogens with one attached hydrogen (secondary N) is 9. The lowest BCUT2D eigenvalue weighted by Crippen LogP contribution is -2.32. The van der Waals surface area contributed by atoms with Crippen LogP contribution in [0.25, 0.3) is 0 Å². The van der Waals surface area contributed by atoms with E-state index in [1.807, 2.05) is 110 Å². The Morgan fingerprint density at radius 2 is 0.940 bits per heavy atom. The van der Waals surface area contributed by atoms with Crippen LogP contribution >= 0.6 is 23.2 Å². The molecule has 26 nitrogen and oxygen atoms in total. The average molecular weight is 1610 g/mol. The van der Waals surface area contributed by atoms with Crippen molar-refractivity contribution in [2.24, 2.45) is 11.8 Å². The van der Waals surface area contributed by atoms with Gasteiger partial charge in [0.2, 0.25) is 11.8 Å². The molecule has 10 rings (SSSR count). The SMILES string of the molecule is CCC(C)C(=O)Nc1ccc(NC(=O)Nc2ccc(C#N)cc2)c(O)c1.CCC(Oc1cccc(C)c1)C(=O)Nc1ccc(NC(=O)c2ccccc2)c(O)c1.CCc1c(Cl)cc(NC(=O)C(CC)Oc2ccc(C)cc2C)c(O)c1Cl.COc1ccc(Oc2cc(NC(=O)Nc3ccc(C#N)cc3)c(O)cc2NC(=O)C(C)C)cc1. The number of benzene rings is 10. The van der Waals surface area contributed by atoms with E-state index in [4.69, 9.17) is 52.7 Å². The van der Waals surface area contributed by atoms with Crippen molar-refractivity contribution < 1.29 is 72.9 Å². The maximum absolute atomic E-state index is 12.6. The van der Waals surface area contributed by atoms with Crippen LogP contribution in [-0.2, 0) is 25.6 Å². The maximum atomic E-state index is 12.6. The Morgan fingerprint density at radius 1 is 0.431 bits per heavy atom. The van der Waals surface area contributed by atoms with Gasteiger partial charge in [0.1, 0.15) is 40.2 Å². The number of anilines is 9. The van der Waals surface area contributed by atoms with Crippen LogP contribution in [0.1, 0.15) is 111 Å². The molecule has 3 unspecified atom stereocenters. The minimum absolute atomic E-state index is 0.0669. The molecule has 0 aromatic heterocycles. The van der Waals surface area contributed by atoms with Gasteiger partial charge < -0.3 is 87.2 Å². The summed E-state index contributed by atoms with van der Waals surface area (Å²) in [5, 5.41) is 83.0. The zero-order valence-corrected chi connectivity index (χ0v) is 67.1. The predicted octanol–water partition coefficient (Wildman–Crippen LogP) is 19.6. The van der Waals surface area contributed by atoms with E-state index in [-0.39, 0.29) is 104 Å². The fraction of sp³-hybridized carbons (Fsp3) is 0.216. The van der Waals surface area contributed by atoms with Crippen molar-refractivity contribution in [1.82, 2.24) is 0 Å². The van der Waals surface area contributed by atoms with E-state index in [1.165, 1.54) is 42.5 Å². The van der Waals surface area contributed by atoms with Crippen molar-refractivity contribution in [2.45, 2.75) is 107 Å². The molecule has 0 spiro atoms. The first kappa shape index (κ1) is 89.3. The maximum Gasteiger partial charge on any atom is 0.323 e. The first-order chi connectivity index (χ1) is 55.4. The van der Waals surface area contributed by atoms with Gasteiger partial charge in [-0.05, 0) is 197 Å². The van der Waals surface area contributed by atoms with E-state index >= 15 is 0 Å². The third kappa shape index (κ3) is 26.9. The number of halogens is 2. The highest BCUT2D eigenvalue weighted by Gasteiger charge is 2.25. The van der Waals surface area contributed by atoms with Gasteiger partial charge >= 0.3 is 12.1 Å². The number of nitriles is 2. The molecule has 0 radical (unpaired) electrons. The van der Waals surface area contributed by atoms with Crippen molar-refractivity contribution >= 4 is 116 Å². The van der Waals surface area contributed by atoms with Gasteiger partial charge in [-0.25, -0.2) is 9.59 Å². The van der Waals surface area contributed by atoms with Crippen molar-refractivity contribution in [3.63, 3.8) is 0 Å². The highest BCUT2D eigenvalue weighted by molar-refractivity contribution is 6.37. The molecular formula is C88H91Cl2N11O15. The number of phenolic OH excluding ortho intramolecular Hbond substituents is 4. The molecule has 0 aliphatic rings. The molecular weight excluding hydrogens is 1520 g/mol. The molecule has 0 aliphatic carbocycles. The number of urea groups is 2. The fourth-order valence-corrected chi connectivity index (χ4v) is 11.2. The highest BCUT2D eigenvalue weighted by atomic mass is 35.5. The lowest BCUT2D eigenvalue weighted by molar-refractivity contribution is -0.123. The first-order valence-corrected chi connectivity index (χ1v) is 37.5. The minimum atomic E-state index is -0.709. The summed E-state index contributed by atoms with van der Waals surface area (Å²) < 4.78 is 22.7. The number of methoxy groups -OCH3 is 1. The Morgan fingerprint density at radius 3 is 1.46 bits per heavy atom. The number of nitrogens with zero attached hydrogens (tertiary/aromatic N) is 2. The molecule has 28 heteroatoms. The predicted molar refractivity (Wildman–Crippen MR) is 452 cm³/mol. The normalized spacial score (nSPS) is 11.1. The van der Waals surface area contributed by atoms with E-state index < -0.39 is 24.3 Å². The van der Waals surface area contributed by atoms with Gasteiger partial charge in [-0.2, -0.15) is 10.5 Å². The molecule has 0 saturated heterocycles. The molecule has 9 amide bonds. The largest absolute Gasteiger partial charge is 0.506 e. The van der Waals surface area contributed by atoms with Crippen molar-refractivity contribution in [3.8, 4) is 63.9 Å². The number of carbonyl (C=O) groups excluding carboxylic acids is 7. The number of aryl methyl sites for hydroxylation is 3. The Hall–Kier alpha value is -14.0. The molecule has 13 N–H and O–H groups in total. The molecule has 0 aliphatic heterocycles. The van der Waals surface area contributed by atoms with Crippen molar-refractivity contribution in [2.75, 3.05) is 55.0 Å². The number of carbonyl (C=O) groups is 7. The van der Waals surface area contributed by atoms with Gasteiger partial charge in [0.25, 0.3) is 17.7 Å². The molecule has 10 aromatic rings. The number of hydrogen-bond donors (Lipinski definition) is 13. The van der Waals surface area contributed by atoms with Crippen LogP contribution < -0.4 is 66.8 Å². The van der Waals surface area contributed by atoms with Crippen LogP contribution in [-0.4, -0.2) is 81.3 Å². The number of phenols is 4. The zero-order chi connectivity index (χ0) is 84.7. The second-order valence-corrected chi connectivity index (χ2v) is 27.2. The molecule has 10 aromatic carbocycles. The van der Waals surface area contributed by atoms with Crippen LogP contribution in [0.4, 0.5) is 60.8 Å². The van der Waals surface area contributed by atoms with Gasteiger partial charge in [0.15, 0.2) is 23.7 Å². The summed E-state index contributed by atoms with van der Waals surface area (Å²) in [7, 11) is 1.55. The summed E-state index contributed by atoms with van der Waals surface area (Å²) in [6.45, 7) is 18.7. The fourth-order valence-electron chi connectivity index (χ4n) is 10.5. The standard InChI is InChI=1S/C25H24N4O5.C24H24N2O4.C20H23Cl2NO3.C19H20N4O3/c1-15(2)24(31)28-21-12-22(30)20(13-23(21)34-19-10-8-18(33-3)9-11-19)29-25(32)27-17-6-4-16(14-26)5-7-17;1-3-22(30-19-11-7-8-16(2)14-19)24(29)25-18-12-13-20(21(27)15-18)26-23(28)17-9-5-4-6-10-17;1-5-13-14(21)10-15(19(24)18(13)22)23-20(25)16(6-2)26-17-8-7-11(3)9-12(17)4;1-3-12(2)18(25)21-15-8-9-16(17(24)10-15)23-19(26)22-14-6-4-13(11-20)5-7-14/h4-13,15,30H,1-3H3,(H,28,31)(H2,27,29,32);4-15,22,27H,3H2,1-2H3,(H,25,29)(H,26,28);7-10,16,24H,5-6H2,1-4H3,(H,23,25);4-10,12,24H,3H2,1-2H3,(H,21,25)(H2,22,23,26). The number of hydrogen-bond acceptors (Lipinski definition) is 17. The first-order valence-electron chi connectivity index (χ1n) is 36.7. The third-order valence-corrected chi connectivity index (χ3v) is 17.9. The summed E-state index contributed by atoms with van der Waals surface area (Å²) in [6, 6.07) is 57.5. The van der Waals surface area contributed by atoms with E-state index in [0.717, 1.165) is 16.7 Å². The van der Waals surface area contributed by atoms with Crippen LogP contribution in [0.2, 0.25) is 10.0 Å². The molecule has 0 heterocycles. The smallest absolute Gasteiger partial charge is 0.323 e.